The lowest BCUT2D eigenvalue weighted by Crippen LogP contribution is -2.42. The van der Waals surface area contributed by atoms with E-state index in [-0.39, 0.29) is 16.7 Å². The molecule has 0 bridgehead atoms. The van der Waals surface area contributed by atoms with Gasteiger partial charge in [0.1, 0.15) is 0 Å². The van der Waals surface area contributed by atoms with Crippen LogP contribution >= 0.6 is 11.6 Å². The van der Waals surface area contributed by atoms with E-state index < -0.39 is 10.0 Å². The highest BCUT2D eigenvalue weighted by Gasteiger charge is 2.32. The van der Waals surface area contributed by atoms with Gasteiger partial charge in [-0.25, -0.2) is 13.4 Å². The number of pyridine rings is 1. The fourth-order valence-electron chi connectivity index (χ4n) is 3.33. The molecule has 2 heterocycles. The van der Waals surface area contributed by atoms with Crippen molar-refractivity contribution in [2.75, 3.05) is 19.7 Å². The van der Waals surface area contributed by atoms with Crippen molar-refractivity contribution in [1.82, 2.24) is 14.6 Å². The number of aromatic nitrogens is 1. The SMILES string of the molecule is CCCOc1ncccc1CNC(=O)C1CCN(S(=O)(=O)c2ccc(Cl)cc2)CC1. The number of hydrogen-bond donors (Lipinski definition) is 1. The lowest BCUT2D eigenvalue weighted by atomic mass is 9.97. The van der Waals surface area contributed by atoms with Crippen molar-refractivity contribution in [3.63, 3.8) is 0 Å². The van der Waals surface area contributed by atoms with Gasteiger partial charge in [-0.15, -0.1) is 0 Å². The number of nitrogens with one attached hydrogen (secondary N) is 1. The third kappa shape index (κ3) is 5.50. The molecule has 7 nitrogen and oxygen atoms in total. The number of benzene rings is 1. The third-order valence-corrected chi connectivity index (χ3v) is 7.19. The molecule has 1 amide bonds. The molecule has 9 heteroatoms. The molecular formula is C21H26ClN3O4S. The van der Waals surface area contributed by atoms with Crippen LogP contribution in [0.2, 0.25) is 5.02 Å². The molecule has 1 aromatic carbocycles. The Morgan fingerprint density at radius 2 is 1.93 bits per heavy atom. The van der Waals surface area contributed by atoms with Crippen molar-refractivity contribution in [2.45, 2.75) is 37.6 Å². The van der Waals surface area contributed by atoms with E-state index in [1.165, 1.54) is 16.4 Å². The largest absolute Gasteiger partial charge is 0.477 e. The second-order valence-electron chi connectivity index (χ2n) is 7.17. The maximum absolute atomic E-state index is 12.8. The molecule has 3 rings (SSSR count). The van der Waals surface area contributed by atoms with E-state index in [4.69, 9.17) is 16.3 Å². The zero-order valence-electron chi connectivity index (χ0n) is 16.9. The van der Waals surface area contributed by atoms with E-state index in [1.807, 2.05) is 13.0 Å². The van der Waals surface area contributed by atoms with Gasteiger partial charge in [-0.1, -0.05) is 24.6 Å². The first-order valence-corrected chi connectivity index (χ1v) is 11.8. The zero-order chi connectivity index (χ0) is 21.6. The highest BCUT2D eigenvalue weighted by Crippen LogP contribution is 2.25. The van der Waals surface area contributed by atoms with Gasteiger partial charge < -0.3 is 10.1 Å². The van der Waals surface area contributed by atoms with Crippen molar-refractivity contribution >= 4 is 27.5 Å². The van der Waals surface area contributed by atoms with E-state index in [2.05, 4.69) is 10.3 Å². The number of sulfonamides is 1. The van der Waals surface area contributed by atoms with Gasteiger partial charge in [0, 0.05) is 42.3 Å². The number of ether oxygens (including phenoxy) is 1. The first-order valence-electron chi connectivity index (χ1n) is 10.0. The molecule has 1 saturated heterocycles. The average Bonchev–Trinajstić information content (AvgIpc) is 2.77. The van der Waals surface area contributed by atoms with Crippen LogP contribution in [0.15, 0.2) is 47.5 Å². The third-order valence-electron chi connectivity index (χ3n) is 5.02. The predicted molar refractivity (Wildman–Crippen MR) is 115 cm³/mol. The minimum Gasteiger partial charge on any atom is -0.477 e. The van der Waals surface area contributed by atoms with Gasteiger partial charge in [0.05, 0.1) is 11.5 Å². The quantitative estimate of drug-likeness (QED) is 0.665. The topological polar surface area (TPSA) is 88.6 Å². The molecule has 0 spiro atoms. The minimum atomic E-state index is -3.58. The molecule has 162 valence electrons. The van der Waals surface area contributed by atoms with Gasteiger partial charge in [0.15, 0.2) is 0 Å². The smallest absolute Gasteiger partial charge is 0.243 e. The van der Waals surface area contributed by atoms with Crippen LogP contribution in [0.4, 0.5) is 0 Å². The van der Waals surface area contributed by atoms with Crippen LogP contribution in [-0.4, -0.2) is 43.3 Å². The number of halogens is 1. The Morgan fingerprint density at radius 3 is 2.60 bits per heavy atom. The monoisotopic (exact) mass is 451 g/mol. The lowest BCUT2D eigenvalue weighted by Gasteiger charge is -2.30. The van der Waals surface area contributed by atoms with Crippen LogP contribution < -0.4 is 10.1 Å². The molecule has 2 aromatic rings. The average molecular weight is 452 g/mol. The van der Waals surface area contributed by atoms with Crippen molar-refractivity contribution in [3.8, 4) is 5.88 Å². The second-order valence-corrected chi connectivity index (χ2v) is 9.54. The van der Waals surface area contributed by atoms with Gasteiger partial charge in [-0.3, -0.25) is 4.79 Å². The van der Waals surface area contributed by atoms with Gasteiger partial charge in [0.2, 0.25) is 21.8 Å². The van der Waals surface area contributed by atoms with Crippen LogP contribution in [0.5, 0.6) is 5.88 Å². The molecule has 30 heavy (non-hydrogen) atoms. The van der Waals surface area contributed by atoms with Gasteiger partial charge >= 0.3 is 0 Å². The maximum Gasteiger partial charge on any atom is 0.243 e. The molecule has 1 aromatic heterocycles. The molecule has 0 atom stereocenters. The number of amides is 1. The number of piperidine rings is 1. The first-order chi connectivity index (χ1) is 14.4. The van der Waals surface area contributed by atoms with E-state index >= 15 is 0 Å². The summed E-state index contributed by atoms with van der Waals surface area (Å²) in [7, 11) is -3.58. The molecule has 1 N–H and O–H groups in total. The Morgan fingerprint density at radius 1 is 1.23 bits per heavy atom. The lowest BCUT2D eigenvalue weighted by molar-refractivity contribution is -0.126. The Balaban J connectivity index is 1.54. The van der Waals surface area contributed by atoms with Crippen molar-refractivity contribution < 1.29 is 17.9 Å². The fraction of sp³-hybridized carbons (Fsp3) is 0.429. The fourth-order valence-corrected chi connectivity index (χ4v) is 4.92. The molecule has 0 unspecified atom stereocenters. The van der Waals surface area contributed by atoms with Crippen LogP contribution in [0.1, 0.15) is 31.7 Å². The molecule has 0 aliphatic carbocycles. The molecule has 1 fully saturated rings. The van der Waals surface area contributed by atoms with Crippen molar-refractivity contribution in [1.29, 1.82) is 0 Å². The van der Waals surface area contributed by atoms with E-state index in [0.29, 0.717) is 50.0 Å². The highest BCUT2D eigenvalue weighted by atomic mass is 35.5. The van der Waals surface area contributed by atoms with Crippen LogP contribution in [0.25, 0.3) is 0 Å². The Bertz CT molecular complexity index is 958. The molecule has 0 radical (unpaired) electrons. The van der Waals surface area contributed by atoms with E-state index in [0.717, 1.165) is 12.0 Å². The summed E-state index contributed by atoms with van der Waals surface area (Å²) in [6, 6.07) is 9.81. The summed E-state index contributed by atoms with van der Waals surface area (Å²) in [5.74, 6) is 0.228. The molecule has 1 aliphatic rings. The number of hydrogen-bond acceptors (Lipinski definition) is 5. The Labute approximate surface area is 182 Å². The van der Waals surface area contributed by atoms with E-state index in [1.54, 1.807) is 24.4 Å². The van der Waals surface area contributed by atoms with Crippen LogP contribution in [0, 0.1) is 5.92 Å². The number of carbonyl (C=O) groups excluding carboxylic acids is 1. The minimum absolute atomic E-state index is 0.0798. The Kier molecular flexibility index (Phi) is 7.69. The normalized spacial score (nSPS) is 15.7. The highest BCUT2D eigenvalue weighted by molar-refractivity contribution is 7.89. The van der Waals surface area contributed by atoms with Crippen LogP contribution in [0.3, 0.4) is 0 Å². The summed E-state index contributed by atoms with van der Waals surface area (Å²) in [6.45, 7) is 3.53. The van der Waals surface area contributed by atoms with Crippen molar-refractivity contribution in [3.05, 3.63) is 53.2 Å². The predicted octanol–water partition coefficient (Wildman–Crippen LogP) is 3.24. The molecular weight excluding hydrogens is 426 g/mol. The van der Waals surface area contributed by atoms with E-state index in [9.17, 15) is 13.2 Å². The summed E-state index contributed by atoms with van der Waals surface area (Å²) in [5, 5.41) is 3.42. The summed E-state index contributed by atoms with van der Waals surface area (Å²) in [4.78, 5) is 17.0. The number of rotatable bonds is 8. The van der Waals surface area contributed by atoms with Crippen LogP contribution in [-0.2, 0) is 21.4 Å². The summed E-state index contributed by atoms with van der Waals surface area (Å²) >= 11 is 5.85. The summed E-state index contributed by atoms with van der Waals surface area (Å²) in [5.41, 5.74) is 0.821. The van der Waals surface area contributed by atoms with Gasteiger partial charge in [-0.2, -0.15) is 4.31 Å². The summed E-state index contributed by atoms with van der Waals surface area (Å²) < 4.78 is 32.6. The zero-order valence-corrected chi connectivity index (χ0v) is 18.5. The number of nitrogens with zero attached hydrogens (tertiary/aromatic N) is 2. The summed E-state index contributed by atoms with van der Waals surface area (Å²) in [6.07, 6.45) is 3.49. The molecule has 1 aliphatic heterocycles. The maximum atomic E-state index is 12.8. The molecule has 0 saturated carbocycles. The van der Waals surface area contributed by atoms with Gasteiger partial charge in [0.25, 0.3) is 0 Å². The number of carbonyl (C=O) groups is 1. The van der Waals surface area contributed by atoms with Gasteiger partial charge in [-0.05, 0) is 49.6 Å². The van der Waals surface area contributed by atoms with Crippen molar-refractivity contribution in [2.24, 2.45) is 5.92 Å². The second kappa shape index (κ2) is 10.2. The Hall–Kier alpha value is -2.16. The first kappa shape index (κ1) is 22.5. The standard InChI is InChI=1S/C21H26ClN3O4S/c1-2-14-29-21-17(4-3-11-23-21)15-24-20(26)16-9-12-25(13-10-16)30(27,28)19-7-5-18(22)6-8-19/h3-8,11,16H,2,9-10,12-15H2,1H3,(H,24,26).